The molecule has 0 radical (unpaired) electrons. The first kappa shape index (κ1) is 20.9. The molecule has 8 atom stereocenters. The van der Waals surface area contributed by atoms with Gasteiger partial charge in [0.05, 0.1) is 6.04 Å². The number of benzene rings is 1. The molecule has 8 unspecified atom stereocenters. The van der Waals surface area contributed by atoms with Crippen LogP contribution >= 0.6 is 0 Å². The number of nitrogens with one attached hydrogen (secondary N) is 2. The van der Waals surface area contributed by atoms with Crippen molar-refractivity contribution in [2.45, 2.75) is 88.6 Å². The molecule has 2 saturated heterocycles. The minimum absolute atomic E-state index is 0.278. The van der Waals surface area contributed by atoms with Gasteiger partial charge in [0.15, 0.2) is 0 Å². The summed E-state index contributed by atoms with van der Waals surface area (Å²) in [5, 5.41) is 9.85. The van der Waals surface area contributed by atoms with Gasteiger partial charge in [-0.05, 0) is 68.5 Å². The van der Waals surface area contributed by atoms with E-state index in [2.05, 4.69) is 65.7 Å². The zero-order chi connectivity index (χ0) is 20.8. The number of hydrogen-bond donors (Lipinski definition) is 3. The lowest BCUT2D eigenvalue weighted by Crippen LogP contribution is -2.63. The second-order valence-electron chi connectivity index (χ2n) is 10.8. The van der Waals surface area contributed by atoms with Gasteiger partial charge >= 0.3 is 0 Å². The van der Waals surface area contributed by atoms with Crippen molar-refractivity contribution in [1.29, 1.82) is 0 Å². The first-order valence-electron chi connectivity index (χ1n) is 12.3. The lowest BCUT2D eigenvalue weighted by molar-refractivity contribution is 0.0273. The average molecular weight is 412 g/mol. The van der Waals surface area contributed by atoms with Gasteiger partial charge in [0, 0.05) is 43.3 Å². The fourth-order valence-corrected chi connectivity index (χ4v) is 6.83. The van der Waals surface area contributed by atoms with E-state index in [4.69, 9.17) is 5.84 Å². The average Bonchev–Trinajstić information content (AvgIpc) is 2.74. The molecule has 1 aromatic rings. The minimum atomic E-state index is 0.278. The van der Waals surface area contributed by atoms with Crippen molar-refractivity contribution in [2.24, 2.45) is 17.7 Å². The number of hydrazine groups is 1. The maximum absolute atomic E-state index is 6.67. The Morgan fingerprint density at radius 1 is 0.767 bits per heavy atom. The zero-order valence-corrected chi connectivity index (χ0v) is 19.1. The Morgan fingerprint density at radius 2 is 1.27 bits per heavy atom. The van der Waals surface area contributed by atoms with Gasteiger partial charge in [0.2, 0.25) is 0 Å². The Balaban J connectivity index is 1.27. The molecule has 0 aromatic heterocycles. The molecule has 5 rings (SSSR count). The van der Waals surface area contributed by atoms with Gasteiger partial charge < -0.3 is 10.6 Å². The van der Waals surface area contributed by atoms with Gasteiger partial charge in [-0.25, -0.2) is 5.01 Å². The second kappa shape index (κ2) is 8.51. The van der Waals surface area contributed by atoms with Gasteiger partial charge in [-0.1, -0.05) is 38.1 Å². The molecule has 4 fully saturated rings. The predicted octanol–water partition coefficient (Wildman–Crippen LogP) is 3.20. The number of hydrogen-bond acceptors (Lipinski definition) is 5. The van der Waals surface area contributed by atoms with E-state index in [1.54, 1.807) is 0 Å². The van der Waals surface area contributed by atoms with Crippen molar-refractivity contribution >= 4 is 0 Å². The van der Waals surface area contributed by atoms with Crippen LogP contribution < -0.4 is 16.5 Å². The smallest absolute Gasteiger partial charge is 0.0619 e. The van der Waals surface area contributed by atoms with E-state index in [0.29, 0.717) is 30.2 Å². The molecule has 2 aliphatic carbocycles. The predicted molar refractivity (Wildman–Crippen MR) is 123 cm³/mol. The molecule has 4 N–H and O–H groups in total. The second-order valence-corrected chi connectivity index (χ2v) is 10.8. The van der Waals surface area contributed by atoms with Crippen LogP contribution in [0.1, 0.15) is 75.6 Å². The topological polar surface area (TPSA) is 56.6 Å². The standard InChI is InChI=1S/C25H41N5/c1-16-4-10-22-20(12-16)27-14-24(29(22)3)18-6-8-19(9-7-18)25-15-28-21-13-17(2)5-11-23(21)30(25)26/h6-9,16-17,20-25,27-28H,4-5,10-15,26H2,1-3H3. The number of piperazine rings is 2. The normalized spacial score (nSPS) is 43.1. The third kappa shape index (κ3) is 3.84. The summed E-state index contributed by atoms with van der Waals surface area (Å²) in [6.45, 7) is 6.78. The SMILES string of the molecule is CC1CCC2C(C1)NCC(c1ccc(C3CNC4CC(C)CCC4N3N)cc1)N2C. The molecule has 5 nitrogen and oxygen atoms in total. The quantitative estimate of drug-likeness (QED) is 0.653. The molecular weight excluding hydrogens is 370 g/mol. The summed E-state index contributed by atoms with van der Waals surface area (Å²) in [5.74, 6) is 8.35. The molecule has 4 aliphatic rings. The van der Waals surface area contributed by atoms with E-state index in [1.807, 2.05) is 0 Å². The largest absolute Gasteiger partial charge is 0.311 e. The number of nitrogens with two attached hydrogens (primary N) is 1. The first-order chi connectivity index (χ1) is 14.5. The van der Waals surface area contributed by atoms with E-state index < -0.39 is 0 Å². The lowest BCUT2D eigenvalue weighted by Gasteiger charge is -2.49. The number of rotatable bonds is 2. The van der Waals surface area contributed by atoms with Crippen LogP contribution in [-0.4, -0.2) is 54.2 Å². The Labute approximate surface area is 182 Å². The molecule has 2 heterocycles. The van der Waals surface area contributed by atoms with E-state index in [-0.39, 0.29) is 6.04 Å². The summed E-state index contributed by atoms with van der Waals surface area (Å²) in [7, 11) is 2.34. The zero-order valence-electron chi connectivity index (χ0n) is 19.1. The third-order valence-electron chi connectivity index (χ3n) is 8.76. The lowest BCUT2D eigenvalue weighted by atomic mass is 9.80. The van der Waals surface area contributed by atoms with Gasteiger partial charge in [-0.3, -0.25) is 10.7 Å². The van der Waals surface area contributed by atoms with Crippen LogP contribution in [0, 0.1) is 11.8 Å². The summed E-state index contributed by atoms with van der Waals surface area (Å²) in [6, 6.07) is 12.5. The highest BCUT2D eigenvalue weighted by atomic mass is 15.5. The van der Waals surface area contributed by atoms with Crippen LogP contribution in [0.3, 0.4) is 0 Å². The molecule has 1 aromatic carbocycles. The molecular formula is C25H41N5. The Hall–Kier alpha value is -0.980. The van der Waals surface area contributed by atoms with Crippen molar-refractivity contribution in [2.75, 3.05) is 20.1 Å². The Kier molecular flexibility index (Phi) is 5.93. The van der Waals surface area contributed by atoms with Crippen molar-refractivity contribution < 1.29 is 0 Å². The number of fused-ring (bicyclic) bond motifs is 2. The van der Waals surface area contributed by atoms with Gasteiger partial charge in [0.1, 0.15) is 0 Å². The van der Waals surface area contributed by atoms with Crippen molar-refractivity contribution in [1.82, 2.24) is 20.5 Å². The Bertz CT molecular complexity index is 660. The van der Waals surface area contributed by atoms with E-state index >= 15 is 0 Å². The highest BCUT2D eigenvalue weighted by Crippen LogP contribution is 2.37. The van der Waals surface area contributed by atoms with E-state index in [9.17, 15) is 0 Å². The fraction of sp³-hybridized carbons (Fsp3) is 0.760. The third-order valence-corrected chi connectivity index (χ3v) is 8.76. The van der Waals surface area contributed by atoms with Crippen LogP contribution in [0.5, 0.6) is 0 Å². The van der Waals surface area contributed by atoms with E-state index in [0.717, 1.165) is 24.9 Å². The molecule has 2 saturated carbocycles. The highest BCUT2D eigenvalue weighted by molar-refractivity contribution is 5.29. The van der Waals surface area contributed by atoms with Crippen LogP contribution in [0.25, 0.3) is 0 Å². The minimum Gasteiger partial charge on any atom is -0.311 e. The van der Waals surface area contributed by atoms with E-state index in [1.165, 1.54) is 49.7 Å². The fourth-order valence-electron chi connectivity index (χ4n) is 6.83. The monoisotopic (exact) mass is 411 g/mol. The highest BCUT2D eigenvalue weighted by Gasteiger charge is 2.40. The van der Waals surface area contributed by atoms with Gasteiger partial charge in [0.25, 0.3) is 0 Å². The van der Waals surface area contributed by atoms with Crippen molar-refractivity contribution in [3.8, 4) is 0 Å². The number of nitrogens with zero attached hydrogens (tertiary/aromatic N) is 2. The summed E-state index contributed by atoms with van der Waals surface area (Å²) in [6.07, 6.45) is 7.77. The first-order valence-corrected chi connectivity index (χ1v) is 12.3. The Morgan fingerprint density at radius 3 is 1.90 bits per heavy atom. The van der Waals surface area contributed by atoms with Crippen LogP contribution in [-0.2, 0) is 0 Å². The maximum Gasteiger partial charge on any atom is 0.0619 e. The van der Waals surface area contributed by atoms with Gasteiger partial charge in [-0.2, -0.15) is 0 Å². The number of likely N-dealkylation sites (N-methyl/N-ethyl adjacent to an activating group) is 1. The summed E-state index contributed by atoms with van der Waals surface area (Å²) in [4.78, 5) is 2.65. The molecule has 30 heavy (non-hydrogen) atoms. The van der Waals surface area contributed by atoms with Crippen LogP contribution in [0.4, 0.5) is 0 Å². The summed E-state index contributed by atoms with van der Waals surface area (Å²) in [5.41, 5.74) is 2.78. The summed E-state index contributed by atoms with van der Waals surface area (Å²) >= 11 is 0. The molecule has 0 amide bonds. The van der Waals surface area contributed by atoms with Crippen LogP contribution in [0.2, 0.25) is 0 Å². The molecule has 2 aliphatic heterocycles. The molecule has 0 spiro atoms. The molecule has 0 bridgehead atoms. The molecule has 5 heteroatoms. The van der Waals surface area contributed by atoms with Crippen LogP contribution in [0.15, 0.2) is 24.3 Å². The van der Waals surface area contributed by atoms with Gasteiger partial charge in [-0.15, -0.1) is 0 Å². The molecule has 166 valence electrons. The maximum atomic E-state index is 6.67. The van der Waals surface area contributed by atoms with Crippen molar-refractivity contribution in [3.05, 3.63) is 35.4 Å². The van der Waals surface area contributed by atoms with Crippen molar-refractivity contribution in [3.63, 3.8) is 0 Å². The summed E-state index contributed by atoms with van der Waals surface area (Å²) < 4.78 is 0.